The Morgan fingerprint density at radius 2 is 1.91 bits per heavy atom. The minimum atomic E-state index is -0.0739. The van der Waals surface area contributed by atoms with Crippen LogP contribution in [-0.2, 0) is 9.59 Å². The molecule has 0 bridgehead atoms. The Morgan fingerprint density at radius 3 is 2.61 bits per heavy atom. The second kappa shape index (κ2) is 8.89. The number of rotatable bonds is 7. The summed E-state index contributed by atoms with van der Waals surface area (Å²) >= 11 is 6.11. The van der Waals surface area contributed by atoms with Gasteiger partial charge < -0.3 is 15.5 Å². The highest BCUT2D eigenvalue weighted by atomic mass is 35.5. The minimum absolute atomic E-state index is 0.0509. The molecule has 1 heterocycles. The molecule has 0 aliphatic carbocycles. The van der Waals surface area contributed by atoms with E-state index in [0.717, 1.165) is 26.1 Å². The fourth-order valence-corrected chi connectivity index (χ4v) is 2.80. The van der Waals surface area contributed by atoms with Crippen LogP contribution < -0.4 is 10.6 Å². The van der Waals surface area contributed by atoms with Gasteiger partial charge in [0, 0.05) is 18.5 Å². The smallest absolute Gasteiger partial charge is 0.224 e. The predicted molar refractivity (Wildman–Crippen MR) is 93.9 cm³/mol. The molecule has 1 aliphatic heterocycles. The lowest BCUT2D eigenvalue weighted by Crippen LogP contribution is -2.22. The molecule has 23 heavy (non-hydrogen) atoms. The Hall–Kier alpha value is -1.59. The third-order valence-electron chi connectivity index (χ3n) is 3.92. The van der Waals surface area contributed by atoms with Crippen molar-refractivity contribution in [1.82, 2.24) is 4.90 Å². The second-order valence-electron chi connectivity index (χ2n) is 5.80. The van der Waals surface area contributed by atoms with Crippen molar-refractivity contribution in [3.63, 3.8) is 0 Å². The highest BCUT2D eigenvalue weighted by molar-refractivity contribution is 6.33. The van der Waals surface area contributed by atoms with E-state index in [2.05, 4.69) is 15.5 Å². The van der Waals surface area contributed by atoms with Crippen molar-refractivity contribution in [2.45, 2.75) is 39.0 Å². The van der Waals surface area contributed by atoms with Gasteiger partial charge in [-0.3, -0.25) is 9.59 Å². The van der Waals surface area contributed by atoms with E-state index >= 15 is 0 Å². The first-order valence-corrected chi connectivity index (χ1v) is 8.58. The maximum Gasteiger partial charge on any atom is 0.224 e. The van der Waals surface area contributed by atoms with Gasteiger partial charge in [-0.1, -0.05) is 18.5 Å². The van der Waals surface area contributed by atoms with Crippen molar-refractivity contribution < 1.29 is 9.59 Å². The molecule has 0 aromatic heterocycles. The van der Waals surface area contributed by atoms with E-state index in [9.17, 15) is 9.59 Å². The first kappa shape index (κ1) is 17.8. The molecular formula is C17H24ClN3O2. The number of nitrogens with zero attached hydrogens (tertiary/aromatic N) is 1. The highest BCUT2D eigenvalue weighted by Gasteiger charge is 2.12. The van der Waals surface area contributed by atoms with Crippen molar-refractivity contribution >= 4 is 34.8 Å². The van der Waals surface area contributed by atoms with Gasteiger partial charge in [-0.2, -0.15) is 0 Å². The molecule has 5 nitrogen and oxygen atoms in total. The Kier molecular flexibility index (Phi) is 6.86. The first-order valence-electron chi connectivity index (χ1n) is 8.20. The first-order chi connectivity index (χ1) is 11.1. The number of anilines is 2. The van der Waals surface area contributed by atoms with E-state index in [-0.39, 0.29) is 11.8 Å². The summed E-state index contributed by atoms with van der Waals surface area (Å²) in [7, 11) is 0. The van der Waals surface area contributed by atoms with Crippen LogP contribution in [0.4, 0.5) is 11.4 Å². The number of nitrogens with one attached hydrogen (secondary N) is 2. The van der Waals surface area contributed by atoms with Crippen LogP contribution in [0.3, 0.4) is 0 Å². The van der Waals surface area contributed by atoms with Crippen LogP contribution in [0.25, 0.3) is 0 Å². The van der Waals surface area contributed by atoms with Crippen molar-refractivity contribution in [1.29, 1.82) is 0 Å². The average molecular weight is 338 g/mol. The lowest BCUT2D eigenvalue weighted by molar-refractivity contribution is -0.116. The molecule has 0 radical (unpaired) electrons. The third-order valence-corrected chi connectivity index (χ3v) is 4.25. The third kappa shape index (κ3) is 5.84. The van der Waals surface area contributed by atoms with Crippen LogP contribution in [-0.4, -0.2) is 36.3 Å². The van der Waals surface area contributed by atoms with Crippen LogP contribution >= 0.6 is 11.6 Å². The highest BCUT2D eigenvalue weighted by Crippen LogP contribution is 2.26. The molecule has 0 atom stereocenters. The molecule has 6 heteroatoms. The molecule has 1 fully saturated rings. The van der Waals surface area contributed by atoms with E-state index in [1.807, 2.05) is 0 Å². The molecular weight excluding hydrogens is 314 g/mol. The molecule has 1 aliphatic rings. The SMILES string of the molecule is CCC(=O)Nc1ccc(Cl)c(NC(=O)CCCN2CCCC2)c1. The van der Waals surface area contributed by atoms with Crippen LogP contribution in [0.15, 0.2) is 18.2 Å². The Labute approximate surface area is 142 Å². The number of carbonyl (C=O) groups is 2. The quantitative estimate of drug-likeness (QED) is 0.800. The van der Waals surface area contributed by atoms with Gasteiger partial charge in [0.2, 0.25) is 11.8 Å². The van der Waals surface area contributed by atoms with Crippen LogP contribution in [0.2, 0.25) is 5.02 Å². The summed E-state index contributed by atoms with van der Waals surface area (Å²) in [6.07, 6.45) is 4.24. The summed E-state index contributed by atoms with van der Waals surface area (Å²) in [6.45, 7) is 5.04. The van der Waals surface area contributed by atoms with E-state index in [1.54, 1.807) is 25.1 Å². The Morgan fingerprint density at radius 1 is 1.17 bits per heavy atom. The van der Waals surface area contributed by atoms with Gasteiger partial charge in [0.15, 0.2) is 0 Å². The summed E-state index contributed by atoms with van der Waals surface area (Å²) in [4.78, 5) is 25.9. The van der Waals surface area contributed by atoms with E-state index in [1.165, 1.54) is 12.8 Å². The van der Waals surface area contributed by atoms with Gasteiger partial charge >= 0.3 is 0 Å². The number of amides is 2. The zero-order valence-corrected chi connectivity index (χ0v) is 14.3. The number of benzene rings is 1. The molecule has 2 rings (SSSR count). The molecule has 1 aromatic rings. The largest absolute Gasteiger partial charge is 0.326 e. The minimum Gasteiger partial charge on any atom is -0.326 e. The summed E-state index contributed by atoms with van der Waals surface area (Å²) in [5, 5.41) is 6.05. The Balaban J connectivity index is 1.83. The molecule has 1 saturated heterocycles. The van der Waals surface area contributed by atoms with Crippen LogP contribution in [0, 0.1) is 0 Å². The van der Waals surface area contributed by atoms with Gasteiger partial charge in [-0.15, -0.1) is 0 Å². The number of halogens is 1. The zero-order chi connectivity index (χ0) is 16.7. The topological polar surface area (TPSA) is 61.4 Å². The molecule has 0 spiro atoms. The normalized spacial score (nSPS) is 14.7. The maximum atomic E-state index is 12.1. The second-order valence-corrected chi connectivity index (χ2v) is 6.20. The van der Waals surface area contributed by atoms with Crippen LogP contribution in [0.1, 0.15) is 39.0 Å². The molecule has 126 valence electrons. The van der Waals surface area contributed by atoms with Gasteiger partial charge in [0.25, 0.3) is 0 Å². The standard InChI is InChI=1S/C17H24ClN3O2/c1-2-16(22)19-13-7-8-14(18)15(12-13)20-17(23)6-5-11-21-9-3-4-10-21/h7-8,12H,2-6,9-11H2,1H3,(H,19,22)(H,20,23). The Bertz CT molecular complexity index is 557. The fourth-order valence-electron chi connectivity index (χ4n) is 2.63. The van der Waals surface area contributed by atoms with Crippen molar-refractivity contribution in [3.05, 3.63) is 23.2 Å². The molecule has 0 saturated carbocycles. The predicted octanol–water partition coefficient (Wildman–Crippen LogP) is 3.50. The average Bonchev–Trinajstić information content (AvgIpc) is 3.04. The number of hydrogen-bond donors (Lipinski definition) is 2. The fraction of sp³-hybridized carbons (Fsp3) is 0.529. The van der Waals surface area contributed by atoms with E-state index < -0.39 is 0 Å². The van der Waals surface area contributed by atoms with E-state index in [0.29, 0.717) is 29.2 Å². The van der Waals surface area contributed by atoms with Gasteiger partial charge in [0.05, 0.1) is 10.7 Å². The number of carbonyl (C=O) groups excluding carboxylic acids is 2. The summed E-state index contributed by atoms with van der Waals surface area (Å²) < 4.78 is 0. The zero-order valence-electron chi connectivity index (χ0n) is 13.5. The van der Waals surface area contributed by atoms with Gasteiger partial charge in [-0.25, -0.2) is 0 Å². The van der Waals surface area contributed by atoms with Crippen LogP contribution in [0.5, 0.6) is 0 Å². The van der Waals surface area contributed by atoms with Crippen molar-refractivity contribution in [2.75, 3.05) is 30.3 Å². The van der Waals surface area contributed by atoms with Crippen molar-refractivity contribution in [2.24, 2.45) is 0 Å². The molecule has 0 unspecified atom stereocenters. The molecule has 2 amide bonds. The van der Waals surface area contributed by atoms with E-state index in [4.69, 9.17) is 11.6 Å². The summed E-state index contributed by atoms with van der Waals surface area (Å²) in [5.74, 6) is -0.125. The monoisotopic (exact) mass is 337 g/mol. The molecule has 1 aromatic carbocycles. The summed E-state index contributed by atoms with van der Waals surface area (Å²) in [6, 6.07) is 5.08. The summed E-state index contributed by atoms with van der Waals surface area (Å²) in [5.41, 5.74) is 1.17. The number of hydrogen-bond acceptors (Lipinski definition) is 3. The van der Waals surface area contributed by atoms with Gasteiger partial charge in [0.1, 0.15) is 0 Å². The molecule has 2 N–H and O–H groups in total. The maximum absolute atomic E-state index is 12.1. The van der Waals surface area contributed by atoms with Crippen molar-refractivity contribution in [3.8, 4) is 0 Å². The lowest BCUT2D eigenvalue weighted by atomic mass is 10.2. The number of likely N-dealkylation sites (tertiary alicyclic amines) is 1. The lowest BCUT2D eigenvalue weighted by Gasteiger charge is -2.14. The van der Waals surface area contributed by atoms with Gasteiger partial charge in [-0.05, 0) is 57.1 Å².